The van der Waals surface area contributed by atoms with Crippen molar-refractivity contribution >= 4 is 43.4 Å². The molecule has 0 aliphatic carbocycles. The number of pyridine rings is 1. The van der Waals surface area contributed by atoms with E-state index in [4.69, 9.17) is 11.6 Å². The molecule has 0 aliphatic rings. The van der Waals surface area contributed by atoms with Crippen molar-refractivity contribution in [3.63, 3.8) is 0 Å². The average Bonchev–Trinajstić information content (AvgIpc) is 2.20. The summed E-state index contributed by atoms with van der Waals surface area (Å²) in [6.45, 7) is 1.79. The predicted molar refractivity (Wildman–Crippen MR) is 69.4 cm³/mol. The van der Waals surface area contributed by atoms with Crippen molar-refractivity contribution in [3.05, 3.63) is 22.3 Å². The molecule has 7 heteroatoms. The summed E-state index contributed by atoms with van der Waals surface area (Å²) < 4.78 is 26.3. The lowest BCUT2D eigenvalue weighted by Gasteiger charge is -2.07. The second-order valence-electron chi connectivity index (χ2n) is 3.23. The standard InChI is InChI=1S/C9H12BrClN2O2S/c1-7-8(10)3-4-9(12-7)13-16(14,15)6-2-5-11/h3-4H,2,5-6H2,1H3,(H,12,13). The summed E-state index contributed by atoms with van der Waals surface area (Å²) in [5.74, 6) is 0.663. The van der Waals surface area contributed by atoms with Crippen LogP contribution in [-0.4, -0.2) is 25.0 Å². The van der Waals surface area contributed by atoms with Gasteiger partial charge in [-0.25, -0.2) is 13.4 Å². The van der Waals surface area contributed by atoms with E-state index >= 15 is 0 Å². The van der Waals surface area contributed by atoms with Gasteiger partial charge >= 0.3 is 0 Å². The smallest absolute Gasteiger partial charge is 0.233 e. The molecule has 0 saturated heterocycles. The molecular weight excluding hydrogens is 316 g/mol. The summed E-state index contributed by atoms with van der Waals surface area (Å²) in [7, 11) is -3.34. The Bertz CT molecular complexity index is 465. The van der Waals surface area contributed by atoms with E-state index in [0.717, 1.165) is 10.2 Å². The lowest BCUT2D eigenvalue weighted by Crippen LogP contribution is -2.17. The molecule has 0 bridgehead atoms. The third-order valence-corrected chi connectivity index (χ3v) is 4.28. The van der Waals surface area contributed by atoms with Crippen LogP contribution < -0.4 is 4.72 Å². The first-order chi connectivity index (χ1) is 7.44. The van der Waals surface area contributed by atoms with Gasteiger partial charge < -0.3 is 0 Å². The number of sulfonamides is 1. The molecule has 0 fully saturated rings. The molecule has 1 heterocycles. The number of alkyl halides is 1. The lowest BCUT2D eigenvalue weighted by atomic mass is 10.4. The number of aryl methyl sites for hydroxylation is 1. The number of halogens is 2. The van der Waals surface area contributed by atoms with Crippen LogP contribution >= 0.6 is 27.5 Å². The summed E-state index contributed by atoms with van der Waals surface area (Å²) in [6, 6.07) is 3.36. The highest BCUT2D eigenvalue weighted by Crippen LogP contribution is 2.17. The number of nitrogens with zero attached hydrogens (tertiary/aromatic N) is 1. The highest BCUT2D eigenvalue weighted by Gasteiger charge is 2.10. The van der Waals surface area contributed by atoms with Gasteiger partial charge in [-0.2, -0.15) is 0 Å². The third-order valence-electron chi connectivity index (χ3n) is 1.83. The Morgan fingerprint density at radius 2 is 2.19 bits per heavy atom. The normalized spacial score (nSPS) is 11.4. The van der Waals surface area contributed by atoms with Gasteiger partial charge in [0.05, 0.1) is 11.4 Å². The minimum Gasteiger partial charge on any atom is -0.267 e. The maximum absolute atomic E-state index is 11.5. The van der Waals surface area contributed by atoms with Crippen LogP contribution in [0.2, 0.25) is 0 Å². The average molecular weight is 328 g/mol. The van der Waals surface area contributed by atoms with Crippen LogP contribution in [0.5, 0.6) is 0 Å². The maximum Gasteiger partial charge on any atom is 0.233 e. The molecule has 1 aromatic heterocycles. The topological polar surface area (TPSA) is 59.1 Å². The number of nitrogens with one attached hydrogen (secondary N) is 1. The number of rotatable bonds is 5. The minimum atomic E-state index is -3.34. The Labute approximate surface area is 109 Å². The van der Waals surface area contributed by atoms with Gasteiger partial charge in [-0.1, -0.05) is 0 Å². The Hall–Kier alpha value is -0.330. The minimum absolute atomic E-state index is 0.00723. The molecule has 16 heavy (non-hydrogen) atoms. The number of aromatic nitrogens is 1. The molecule has 0 spiro atoms. The van der Waals surface area contributed by atoms with Crippen LogP contribution in [0.25, 0.3) is 0 Å². The summed E-state index contributed by atoms with van der Waals surface area (Å²) >= 11 is 8.74. The van der Waals surface area contributed by atoms with E-state index in [0.29, 0.717) is 18.1 Å². The first-order valence-electron chi connectivity index (χ1n) is 4.64. The molecule has 1 aromatic rings. The second kappa shape index (κ2) is 5.84. The first-order valence-corrected chi connectivity index (χ1v) is 7.62. The monoisotopic (exact) mass is 326 g/mol. The van der Waals surface area contributed by atoms with Gasteiger partial charge in [0, 0.05) is 10.4 Å². The fourth-order valence-electron chi connectivity index (χ4n) is 1.06. The summed E-state index contributed by atoms with van der Waals surface area (Å²) in [4.78, 5) is 4.10. The highest BCUT2D eigenvalue weighted by molar-refractivity contribution is 9.10. The fourth-order valence-corrected chi connectivity index (χ4v) is 2.63. The molecule has 0 atom stereocenters. The Morgan fingerprint density at radius 1 is 1.50 bits per heavy atom. The Morgan fingerprint density at radius 3 is 2.75 bits per heavy atom. The van der Waals surface area contributed by atoms with Crippen LogP contribution in [0, 0.1) is 6.92 Å². The van der Waals surface area contributed by atoms with E-state index in [9.17, 15) is 8.42 Å². The molecular formula is C9H12BrClN2O2S. The zero-order valence-electron chi connectivity index (χ0n) is 8.70. The summed E-state index contributed by atoms with van der Waals surface area (Å²) in [5.41, 5.74) is 0.734. The van der Waals surface area contributed by atoms with Crippen molar-refractivity contribution in [2.45, 2.75) is 13.3 Å². The molecule has 0 unspecified atom stereocenters. The maximum atomic E-state index is 11.5. The van der Waals surface area contributed by atoms with Crippen molar-refractivity contribution in [1.29, 1.82) is 0 Å². The van der Waals surface area contributed by atoms with E-state index in [1.165, 1.54) is 0 Å². The molecule has 1 N–H and O–H groups in total. The van der Waals surface area contributed by atoms with E-state index in [-0.39, 0.29) is 5.75 Å². The van der Waals surface area contributed by atoms with Gasteiger partial charge in [0.2, 0.25) is 10.0 Å². The number of hydrogen-bond acceptors (Lipinski definition) is 3. The van der Waals surface area contributed by atoms with Gasteiger partial charge in [-0.3, -0.25) is 4.72 Å². The van der Waals surface area contributed by atoms with Crippen molar-refractivity contribution < 1.29 is 8.42 Å². The summed E-state index contributed by atoms with van der Waals surface area (Å²) in [5, 5.41) is 0. The highest BCUT2D eigenvalue weighted by atomic mass is 79.9. The van der Waals surface area contributed by atoms with E-state index in [2.05, 4.69) is 25.6 Å². The lowest BCUT2D eigenvalue weighted by molar-refractivity contribution is 0.600. The van der Waals surface area contributed by atoms with E-state index in [1.54, 1.807) is 19.1 Å². The Kier molecular flexibility index (Phi) is 5.01. The van der Waals surface area contributed by atoms with Crippen LogP contribution in [-0.2, 0) is 10.0 Å². The Balaban J connectivity index is 2.76. The summed E-state index contributed by atoms with van der Waals surface area (Å²) in [6.07, 6.45) is 0.423. The van der Waals surface area contributed by atoms with Crippen LogP contribution in [0.15, 0.2) is 16.6 Å². The molecule has 90 valence electrons. The molecule has 0 radical (unpaired) electrons. The second-order valence-corrected chi connectivity index (χ2v) is 6.30. The third kappa shape index (κ3) is 4.27. The van der Waals surface area contributed by atoms with Crippen molar-refractivity contribution in [1.82, 2.24) is 4.98 Å². The van der Waals surface area contributed by atoms with Gasteiger partial charge in [-0.15, -0.1) is 11.6 Å². The molecule has 0 saturated carbocycles. The molecule has 4 nitrogen and oxygen atoms in total. The fraction of sp³-hybridized carbons (Fsp3) is 0.444. The van der Waals surface area contributed by atoms with Gasteiger partial charge in [-0.05, 0) is 41.4 Å². The van der Waals surface area contributed by atoms with E-state index in [1.807, 2.05) is 0 Å². The zero-order chi connectivity index (χ0) is 12.2. The SMILES string of the molecule is Cc1nc(NS(=O)(=O)CCCCl)ccc1Br. The predicted octanol–water partition coefficient (Wildman–Crippen LogP) is 2.52. The first kappa shape index (κ1) is 13.7. The number of anilines is 1. The van der Waals surface area contributed by atoms with E-state index < -0.39 is 10.0 Å². The largest absolute Gasteiger partial charge is 0.267 e. The van der Waals surface area contributed by atoms with Crippen molar-refractivity contribution in [2.75, 3.05) is 16.4 Å². The number of hydrogen-bond donors (Lipinski definition) is 1. The van der Waals surface area contributed by atoms with Crippen LogP contribution in [0.3, 0.4) is 0 Å². The van der Waals surface area contributed by atoms with Gasteiger partial charge in [0.15, 0.2) is 0 Å². The molecule has 0 aliphatic heterocycles. The van der Waals surface area contributed by atoms with Crippen molar-refractivity contribution in [3.8, 4) is 0 Å². The van der Waals surface area contributed by atoms with Crippen molar-refractivity contribution in [2.24, 2.45) is 0 Å². The molecule has 0 amide bonds. The van der Waals surface area contributed by atoms with Crippen LogP contribution in [0.1, 0.15) is 12.1 Å². The van der Waals surface area contributed by atoms with Crippen LogP contribution in [0.4, 0.5) is 5.82 Å². The zero-order valence-corrected chi connectivity index (χ0v) is 11.9. The quantitative estimate of drug-likeness (QED) is 0.845. The van der Waals surface area contributed by atoms with Gasteiger partial charge in [0.25, 0.3) is 0 Å². The molecule has 1 rings (SSSR count). The van der Waals surface area contributed by atoms with Gasteiger partial charge in [0.1, 0.15) is 5.82 Å². The molecule has 0 aromatic carbocycles.